The zero-order chi connectivity index (χ0) is 21.7. The molecule has 168 valence electrons. The smallest absolute Gasteiger partial charge is 0.0577 e. The van der Waals surface area contributed by atoms with Crippen molar-refractivity contribution < 1.29 is 5.11 Å². The molecule has 3 fully saturated rings. The van der Waals surface area contributed by atoms with Crippen molar-refractivity contribution in [2.24, 2.45) is 46.3 Å². The second-order valence-corrected chi connectivity index (χ2v) is 12.0. The van der Waals surface area contributed by atoms with E-state index < -0.39 is 0 Å². The molecule has 0 aromatic rings. The van der Waals surface area contributed by atoms with Crippen LogP contribution in [0.25, 0.3) is 0 Å². The van der Waals surface area contributed by atoms with Crippen molar-refractivity contribution in [1.29, 1.82) is 0 Å². The van der Waals surface area contributed by atoms with E-state index in [1.165, 1.54) is 44.1 Å². The van der Waals surface area contributed by atoms with Crippen LogP contribution in [0.15, 0.2) is 36.0 Å². The van der Waals surface area contributed by atoms with E-state index in [2.05, 4.69) is 59.4 Å². The van der Waals surface area contributed by atoms with E-state index in [1.807, 2.05) is 0 Å². The van der Waals surface area contributed by atoms with Crippen LogP contribution in [-0.2, 0) is 0 Å². The summed E-state index contributed by atoms with van der Waals surface area (Å²) in [6.45, 7) is 16.3. The third-order valence-corrected chi connectivity index (χ3v) is 10.5. The monoisotopic (exact) mass is 410 g/mol. The highest BCUT2D eigenvalue weighted by Gasteiger charge is 2.58. The summed E-state index contributed by atoms with van der Waals surface area (Å²) in [6, 6.07) is 0. The van der Waals surface area contributed by atoms with Crippen LogP contribution in [0, 0.1) is 46.3 Å². The third kappa shape index (κ3) is 3.58. The van der Waals surface area contributed by atoms with Gasteiger partial charge in [0.1, 0.15) is 0 Å². The van der Waals surface area contributed by atoms with E-state index in [9.17, 15) is 5.11 Å². The summed E-state index contributed by atoms with van der Waals surface area (Å²) in [5.41, 5.74) is 3.77. The Morgan fingerprint density at radius 1 is 1.17 bits per heavy atom. The summed E-state index contributed by atoms with van der Waals surface area (Å²) in [5.74, 6) is 4.64. The molecule has 0 aromatic carbocycles. The van der Waals surface area contributed by atoms with Crippen LogP contribution in [0.3, 0.4) is 0 Å². The zero-order valence-corrected chi connectivity index (χ0v) is 20.3. The minimum atomic E-state index is -0.0932. The van der Waals surface area contributed by atoms with Crippen molar-refractivity contribution in [2.45, 2.75) is 98.5 Å². The number of allylic oxidation sites excluding steroid dienone is 4. The molecule has 9 atom stereocenters. The molecule has 0 aromatic heterocycles. The first kappa shape index (κ1) is 22.4. The van der Waals surface area contributed by atoms with E-state index in [-0.39, 0.29) is 6.10 Å². The highest BCUT2D eigenvalue weighted by molar-refractivity contribution is 5.25. The largest absolute Gasteiger partial charge is 0.393 e. The first-order valence-electron chi connectivity index (χ1n) is 12.9. The number of hydrogen-bond donors (Lipinski definition) is 1. The lowest BCUT2D eigenvalue weighted by molar-refractivity contribution is -0.0540. The fourth-order valence-corrected chi connectivity index (χ4v) is 8.64. The second-order valence-electron chi connectivity index (χ2n) is 12.0. The number of fused-ring (bicyclic) bond motifs is 5. The van der Waals surface area contributed by atoms with Crippen molar-refractivity contribution in [3.8, 4) is 0 Å². The molecule has 0 aliphatic heterocycles. The van der Waals surface area contributed by atoms with Gasteiger partial charge in [-0.2, -0.15) is 0 Å². The van der Waals surface area contributed by atoms with Gasteiger partial charge in [0.25, 0.3) is 0 Å². The van der Waals surface area contributed by atoms with Crippen LogP contribution in [0.5, 0.6) is 0 Å². The Bertz CT molecular complexity index is 716. The van der Waals surface area contributed by atoms with Gasteiger partial charge in [-0.3, -0.25) is 0 Å². The van der Waals surface area contributed by atoms with Crippen LogP contribution < -0.4 is 0 Å². The lowest BCUT2D eigenvalue weighted by atomic mass is 9.47. The Kier molecular flexibility index (Phi) is 6.17. The summed E-state index contributed by atoms with van der Waals surface area (Å²) in [7, 11) is 0. The molecule has 1 heteroatoms. The molecule has 4 aliphatic carbocycles. The molecule has 0 bridgehead atoms. The van der Waals surface area contributed by atoms with E-state index >= 15 is 0 Å². The number of aliphatic hydroxyl groups excluding tert-OH is 1. The van der Waals surface area contributed by atoms with Crippen LogP contribution in [0.4, 0.5) is 0 Å². The summed E-state index contributed by atoms with van der Waals surface area (Å²) < 4.78 is 0. The quantitative estimate of drug-likeness (QED) is 0.460. The molecule has 0 heterocycles. The normalized spacial score (nSPS) is 45.3. The summed E-state index contributed by atoms with van der Waals surface area (Å²) in [4.78, 5) is 0. The number of aliphatic hydroxyl groups is 1. The Balaban J connectivity index is 1.53. The maximum absolute atomic E-state index is 10.2. The van der Waals surface area contributed by atoms with E-state index in [0.717, 1.165) is 42.9 Å². The summed E-state index contributed by atoms with van der Waals surface area (Å²) in [5, 5.41) is 10.2. The molecule has 30 heavy (non-hydrogen) atoms. The van der Waals surface area contributed by atoms with Crippen LogP contribution in [0.1, 0.15) is 92.4 Å². The molecule has 1 nitrogen and oxygen atoms in total. The minimum absolute atomic E-state index is 0.0932. The van der Waals surface area contributed by atoms with Crippen molar-refractivity contribution in [2.75, 3.05) is 0 Å². The molecule has 0 saturated heterocycles. The Morgan fingerprint density at radius 2 is 1.93 bits per heavy atom. The van der Waals surface area contributed by atoms with Gasteiger partial charge in [0.05, 0.1) is 6.10 Å². The molecule has 1 N–H and O–H groups in total. The predicted molar refractivity (Wildman–Crippen MR) is 128 cm³/mol. The molecule has 3 saturated carbocycles. The molecule has 0 radical (unpaired) electrons. The first-order valence-corrected chi connectivity index (χ1v) is 12.9. The van der Waals surface area contributed by atoms with Gasteiger partial charge in [-0.05, 0) is 111 Å². The molecular formula is C29H46O. The van der Waals surface area contributed by atoms with Crippen LogP contribution in [0.2, 0.25) is 0 Å². The average molecular weight is 411 g/mol. The second kappa shape index (κ2) is 8.27. The molecule has 0 spiro atoms. The lowest BCUT2D eigenvalue weighted by Gasteiger charge is -2.58. The van der Waals surface area contributed by atoms with Gasteiger partial charge in [-0.15, -0.1) is 0 Å². The van der Waals surface area contributed by atoms with Gasteiger partial charge >= 0.3 is 0 Å². The highest BCUT2D eigenvalue weighted by Crippen LogP contribution is 2.67. The zero-order valence-electron chi connectivity index (χ0n) is 20.3. The van der Waals surface area contributed by atoms with E-state index in [1.54, 1.807) is 5.57 Å². The predicted octanol–water partition coefficient (Wildman–Crippen LogP) is 7.72. The average Bonchev–Trinajstić information content (AvgIpc) is 3.06. The standard InChI is InChI=1S/C29H46O/c1-7-21(19(2)3)9-8-20(4)25-12-13-26-24-11-10-22-18-23(30)14-16-28(22,5)27(24)15-17-29(25,26)6/h8-10,20-21,23-27,30H,2,7,11-18H2,1,3-6H3/b9-8+. The van der Waals surface area contributed by atoms with Gasteiger partial charge in [-0.1, -0.05) is 63.6 Å². The van der Waals surface area contributed by atoms with E-state index in [4.69, 9.17) is 0 Å². The van der Waals surface area contributed by atoms with Gasteiger partial charge in [0.15, 0.2) is 0 Å². The maximum atomic E-state index is 10.2. The Labute approximate surface area is 186 Å². The van der Waals surface area contributed by atoms with E-state index in [0.29, 0.717) is 22.7 Å². The van der Waals surface area contributed by atoms with Gasteiger partial charge in [0.2, 0.25) is 0 Å². The maximum Gasteiger partial charge on any atom is 0.0577 e. The summed E-state index contributed by atoms with van der Waals surface area (Å²) in [6.07, 6.45) is 18.7. The van der Waals surface area contributed by atoms with Crippen molar-refractivity contribution >= 4 is 0 Å². The Hall–Kier alpha value is -0.820. The van der Waals surface area contributed by atoms with Gasteiger partial charge in [-0.25, -0.2) is 0 Å². The minimum Gasteiger partial charge on any atom is -0.393 e. The molecule has 9 unspecified atom stereocenters. The molecular weight excluding hydrogens is 364 g/mol. The van der Waals surface area contributed by atoms with Crippen LogP contribution >= 0.6 is 0 Å². The fraction of sp³-hybridized carbons (Fsp3) is 0.793. The molecule has 4 aliphatic rings. The van der Waals surface area contributed by atoms with Crippen molar-refractivity contribution in [3.63, 3.8) is 0 Å². The fourth-order valence-electron chi connectivity index (χ4n) is 8.64. The SMILES string of the molecule is C=C(C)C(/C=C/C(C)C1CCC2C3CC=C4CC(O)CCC4(C)C3CCC12C)CC. The van der Waals surface area contributed by atoms with Crippen molar-refractivity contribution in [3.05, 3.63) is 36.0 Å². The van der Waals surface area contributed by atoms with Gasteiger partial charge < -0.3 is 5.11 Å². The topological polar surface area (TPSA) is 20.2 Å². The molecule has 0 amide bonds. The van der Waals surface area contributed by atoms with Crippen molar-refractivity contribution in [1.82, 2.24) is 0 Å². The third-order valence-electron chi connectivity index (χ3n) is 10.5. The highest BCUT2D eigenvalue weighted by atomic mass is 16.3. The number of hydrogen-bond acceptors (Lipinski definition) is 1. The van der Waals surface area contributed by atoms with Gasteiger partial charge in [0, 0.05) is 0 Å². The van der Waals surface area contributed by atoms with Crippen LogP contribution in [-0.4, -0.2) is 11.2 Å². The first-order chi connectivity index (χ1) is 14.2. The lowest BCUT2D eigenvalue weighted by Crippen LogP contribution is -2.50. The number of rotatable bonds is 5. The Morgan fingerprint density at radius 3 is 2.63 bits per heavy atom. The summed E-state index contributed by atoms with van der Waals surface area (Å²) >= 11 is 0. The molecule has 4 rings (SSSR count).